The Bertz CT molecular complexity index is 937. The van der Waals surface area contributed by atoms with E-state index in [0.717, 1.165) is 0 Å². The first-order valence-electron chi connectivity index (χ1n) is 11.4. The van der Waals surface area contributed by atoms with Gasteiger partial charge >= 0.3 is 5.97 Å². The number of nitrogens with two attached hydrogens (primary N) is 2. The molecule has 0 fully saturated rings. The summed E-state index contributed by atoms with van der Waals surface area (Å²) in [6.07, 6.45) is -1.53. The number of aliphatic hydroxyl groups is 1. The van der Waals surface area contributed by atoms with E-state index in [1.165, 1.54) is 19.1 Å². The molecule has 0 aromatic heterocycles. The van der Waals surface area contributed by atoms with Gasteiger partial charge in [-0.15, -0.1) is 0 Å². The largest absolute Gasteiger partial charge is 0.508 e. The lowest BCUT2D eigenvalue weighted by Crippen LogP contribution is -2.61. The Kier molecular flexibility index (Phi) is 11.8. The number of benzene rings is 1. The van der Waals surface area contributed by atoms with Crippen LogP contribution in [-0.2, 0) is 30.4 Å². The van der Waals surface area contributed by atoms with E-state index in [0.29, 0.717) is 12.0 Å². The number of nitrogens with one attached hydrogen (secondary N) is 3. The maximum absolute atomic E-state index is 13.0. The summed E-state index contributed by atoms with van der Waals surface area (Å²) in [6, 6.07) is 0.742. The molecule has 0 saturated heterocycles. The second-order valence-electron chi connectivity index (χ2n) is 8.65. The molecule has 13 nitrogen and oxygen atoms in total. The fourth-order valence-corrected chi connectivity index (χ4v) is 3.25. The minimum absolute atomic E-state index is 0.0614. The van der Waals surface area contributed by atoms with Crippen molar-refractivity contribution in [1.82, 2.24) is 16.0 Å². The third-order valence-electron chi connectivity index (χ3n) is 5.60. The molecule has 6 atom stereocenters. The third-order valence-corrected chi connectivity index (χ3v) is 5.60. The Labute approximate surface area is 208 Å². The average Bonchev–Trinajstić information content (AvgIpc) is 2.80. The fourth-order valence-electron chi connectivity index (χ4n) is 3.25. The number of aromatic hydroxyl groups is 1. The third kappa shape index (κ3) is 9.50. The summed E-state index contributed by atoms with van der Waals surface area (Å²) < 4.78 is 0. The maximum atomic E-state index is 13.0. The summed E-state index contributed by atoms with van der Waals surface area (Å²) in [4.78, 5) is 60.8. The normalized spacial score (nSPS) is 15.9. The number of phenols is 1. The lowest BCUT2D eigenvalue weighted by Gasteiger charge is -2.28. The Morgan fingerprint density at radius 2 is 1.44 bits per heavy atom. The second-order valence-corrected chi connectivity index (χ2v) is 8.65. The van der Waals surface area contributed by atoms with Crippen molar-refractivity contribution in [2.75, 3.05) is 0 Å². The summed E-state index contributed by atoms with van der Waals surface area (Å²) in [7, 11) is 0. The molecule has 0 heterocycles. The number of rotatable bonds is 14. The molecule has 10 N–H and O–H groups in total. The van der Waals surface area contributed by atoms with E-state index >= 15 is 0 Å². The van der Waals surface area contributed by atoms with Crippen LogP contribution in [0.15, 0.2) is 24.3 Å². The Balaban J connectivity index is 2.96. The molecule has 4 amide bonds. The Hall–Kier alpha value is -3.71. The van der Waals surface area contributed by atoms with E-state index in [1.807, 2.05) is 0 Å². The van der Waals surface area contributed by atoms with E-state index in [2.05, 4.69) is 16.0 Å². The number of aliphatic carboxylic acids is 1. The zero-order valence-corrected chi connectivity index (χ0v) is 20.4. The maximum Gasteiger partial charge on any atom is 0.326 e. The molecule has 13 heteroatoms. The number of phenolic OH excluding ortho intramolecular Hbond substituents is 1. The van der Waals surface area contributed by atoms with Gasteiger partial charge < -0.3 is 42.7 Å². The van der Waals surface area contributed by atoms with E-state index in [4.69, 9.17) is 11.5 Å². The minimum atomic E-state index is -1.66. The minimum Gasteiger partial charge on any atom is -0.508 e. The molecule has 0 aliphatic heterocycles. The number of hydrogen-bond acceptors (Lipinski definition) is 8. The van der Waals surface area contributed by atoms with Crippen LogP contribution in [0, 0.1) is 5.92 Å². The van der Waals surface area contributed by atoms with Crippen LogP contribution in [0.1, 0.15) is 39.2 Å². The average molecular weight is 510 g/mol. The van der Waals surface area contributed by atoms with Gasteiger partial charge in [-0.3, -0.25) is 19.2 Å². The standard InChI is InChI=1S/C23H35N5O8/c1-4-11(2)18(27-20(32)15(24)9-13-5-7-14(30)8-6-13)21(33)28-19(12(3)29)22(34)26-16(23(35)36)10-17(25)31/h5-8,11-12,15-16,18-19,29-30H,4,9-10,24H2,1-3H3,(H2,25,31)(H,26,34)(H,27,32)(H,28,33)(H,35,36). The number of carbonyl (C=O) groups is 5. The number of carboxylic acids is 1. The molecule has 0 spiro atoms. The summed E-state index contributed by atoms with van der Waals surface area (Å²) in [5.41, 5.74) is 11.7. The summed E-state index contributed by atoms with van der Waals surface area (Å²) in [6.45, 7) is 4.69. The van der Waals surface area contributed by atoms with Gasteiger partial charge in [-0.1, -0.05) is 32.4 Å². The summed E-state index contributed by atoms with van der Waals surface area (Å²) >= 11 is 0. The number of amides is 4. The fraction of sp³-hybridized carbons (Fsp3) is 0.522. The molecule has 1 aromatic carbocycles. The Morgan fingerprint density at radius 3 is 1.92 bits per heavy atom. The van der Waals surface area contributed by atoms with Crippen molar-refractivity contribution < 1.29 is 39.3 Å². The zero-order valence-electron chi connectivity index (χ0n) is 20.4. The molecule has 0 aliphatic carbocycles. The van der Waals surface area contributed by atoms with Gasteiger partial charge in [0.25, 0.3) is 0 Å². The smallest absolute Gasteiger partial charge is 0.326 e. The van der Waals surface area contributed by atoms with Crippen LogP contribution < -0.4 is 27.4 Å². The van der Waals surface area contributed by atoms with Crippen LogP contribution in [-0.4, -0.2) is 75.2 Å². The monoisotopic (exact) mass is 509 g/mol. The number of aliphatic hydroxyl groups excluding tert-OH is 1. The van der Waals surface area contributed by atoms with Gasteiger partial charge in [0, 0.05) is 0 Å². The molecule has 6 unspecified atom stereocenters. The number of carboxylic acid groups (broad SMARTS) is 1. The number of primary amides is 1. The molecule has 1 aromatic rings. The highest BCUT2D eigenvalue weighted by Gasteiger charge is 2.34. The lowest BCUT2D eigenvalue weighted by molar-refractivity contribution is -0.144. The zero-order chi connectivity index (χ0) is 27.6. The van der Waals surface area contributed by atoms with Gasteiger partial charge in [-0.25, -0.2) is 4.79 Å². The van der Waals surface area contributed by atoms with Gasteiger partial charge in [0.1, 0.15) is 23.9 Å². The molecule has 36 heavy (non-hydrogen) atoms. The first kappa shape index (κ1) is 30.3. The Morgan fingerprint density at radius 1 is 0.917 bits per heavy atom. The van der Waals surface area contributed by atoms with Crippen molar-refractivity contribution in [3.05, 3.63) is 29.8 Å². The molecular weight excluding hydrogens is 474 g/mol. The number of hydrogen-bond donors (Lipinski definition) is 8. The van der Waals surface area contributed by atoms with Crippen molar-refractivity contribution in [2.24, 2.45) is 17.4 Å². The molecule has 0 radical (unpaired) electrons. The molecule has 0 aliphatic rings. The van der Waals surface area contributed by atoms with Gasteiger partial charge in [-0.2, -0.15) is 0 Å². The van der Waals surface area contributed by atoms with E-state index in [-0.39, 0.29) is 12.2 Å². The van der Waals surface area contributed by atoms with Gasteiger partial charge in [0.2, 0.25) is 23.6 Å². The van der Waals surface area contributed by atoms with Crippen LogP contribution in [0.5, 0.6) is 5.75 Å². The predicted molar refractivity (Wildman–Crippen MR) is 128 cm³/mol. The van der Waals surface area contributed by atoms with Crippen LogP contribution in [0.25, 0.3) is 0 Å². The summed E-state index contributed by atoms with van der Waals surface area (Å²) in [5, 5.41) is 35.6. The topological polar surface area (TPSA) is 234 Å². The molecule has 0 bridgehead atoms. The first-order valence-corrected chi connectivity index (χ1v) is 11.4. The summed E-state index contributed by atoms with van der Waals surface area (Å²) in [5.74, 6) is -5.30. The molecule has 200 valence electrons. The van der Waals surface area contributed by atoms with Crippen LogP contribution >= 0.6 is 0 Å². The van der Waals surface area contributed by atoms with Gasteiger partial charge in [0.05, 0.1) is 18.6 Å². The first-order chi connectivity index (χ1) is 16.8. The molecule has 0 saturated carbocycles. The highest BCUT2D eigenvalue weighted by atomic mass is 16.4. The highest BCUT2D eigenvalue weighted by molar-refractivity contribution is 5.95. The van der Waals surface area contributed by atoms with Crippen molar-refractivity contribution >= 4 is 29.6 Å². The second kappa shape index (κ2) is 14.0. The number of carbonyl (C=O) groups excluding carboxylic acids is 4. The quantitative estimate of drug-likeness (QED) is 0.140. The van der Waals surface area contributed by atoms with Crippen LogP contribution in [0.3, 0.4) is 0 Å². The van der Waals surface area contributed by atoms with Crippen molar-refractivity contribution in [1.29, 1.82) is 0 Å². The van der Waals surface area contributed by atoms with Crippen LogP contribution in [0.4, 0.5) is 0 Å². The lowest BCUT2D eigenvalue weighted by atomic mass is 9.96. The van der Waals surface area contributed by atoms with Crippen molar-refractivity contribution in [3.8, 4) is 5.75 Å². The predicted octanol–water partition coefficient (Wildman–Crippen LogP) is -1.90. The highest BCUT2D eigenvalue weighted by Crippen LogP contribution is 2.13. The van der Waals surface area contributed by atoms with Gasteiger partial charge in [-0.05, 0) is 37.0 Å². The van der Waals surface area contributed by atoms with Crippen molar-refractivity contribution in [2.45, 2.75) is 70.3 Å². The van der Waals surface area contributed by atoms with Crippen LogP contribution in [0.2, 0.25) is 0 Å². The van der Waals surface area contributed by atoms with E-state index < -0.39 is 72.2 Å². The van der Waals surface area contributed by atoms with E-state index in [1.54, 1.807) is 26.0 Å². The van der Waals surface area contributed by atoms with Gasteiger partial charge in [0.15, 0.2) is 0 Å². The molecular formula is C23H35N5O8. The van der Waals surface area contributed by atoms with Crippen molar-refractivity contribution in [3.63, 3.8) is 0 Å². The SMILES string of the molecule is CCC(C)C(NC(=O)C(N)Cc1ccc(O)cc1)C(=O)NC(C(=O)NC(CC(N)=O)C(=O)O)C(C)O. The molecule has 1 rings (SSSR count). The van der Waals surface area contributed by atoms with E-state index in [9.17, 15) is 39.3 Å².